The van der Waals surface area contributed by atoms with E-state index >= 15 is 0 Å². The lowest BCUT2D eigenvalue weighted by Crippen LogP contribution is -2.06. The van der Waals surface area contributed by atoms with Gasteiger partial charge in [0.1, 0.15) is 0 Å². The molecule has 0 amide bonds. The molecule has 0 fully saturated rings. The minimum atomic E-state index is -0.922. The molecule has 3 aromatic rings. The molecule has 0 spiro atoms. The number of rotatable bonds is 3. The maximum atomic E-state index is 11.7. The number of halogens is 1. The van der Waals surface area contributed by atoms with E-state index < -0.39 is 5.97 Å². The number of hydrogen-bond donors (Lipinski definition) is 1. The van der Waals surface area contributed by atoms with Crippen LogP contribution in [0.5, 0.6) is 0 Å². The van der Waals surface area contributed by atoms with E-state index in [4.69, 9.17) is 0 Å². The first kappa shape index (κ1) is 13.3. The number of aromatic nitrogens is 1. The van der Waals surface area contributed by atoms with Crippen LogP contribution < -0.4 is 0 Å². The fourth-order valence-corrected chi connectivity index (χ4v) is 3.45. The molecule has 2 heterocycles. The lowest BCUT2D eigenvalue weighted by atomic mass is 9.99. The number of nitrogens with zero attached hydrogens (tertiary/aromatic N) is 1. The van der Waals surface area contributed by atoms with Gasteiger partial charge >= 0.3 is 5.97 Å². The van der Waals surface area contributed by atoms with Gasteiger partial charge in [-0.3, -0.25) is 0 Å². The molecule has 0 radical (unpaired) electrons. The third-order valence-corrected chi connectivity index (χ3v) is 4.38. The van der Waals surface area contributed by atoms with Crippen LogP contribution in [0, 0.1) is 0 Å². The summed E-state index contributed by atoms with van der Waals surface area (Å²) in [6.07, 6.45) is 0. The molecule has 3 nitrogen and oxygen atoms in total. The smallest absolute Gasteiger partial charge is 0.336 e. The molecule has 0 atom stereocenters. The standard InChI is InChI=1S/C15H10BrNO2S/c16-7-11-13(15(18)19)10-3-1-2-4-12(10)17-14(11)9-5-6-20-8-9/h1-6,8H,7H2,(H,18,19). The van der Waals surface area contributed by atoms with Crippen molar-refractivity contribution in [1.82, 2.24) is 4.98 Å². The minimum Gasteiger partial charge on any atom is -0.478 e. The SMILES string of the molecule is O=C(O)c1c(CBr)c(-c2ccsc2)nc2ccccc12. The summed E-state index contributed by atoms with van der Waals surface area (Å²) in [6.45, 7) is 0. The van der Waals surface area contributed by atoms with E-state index in [2.05, 4.69) is 20.9 Å². The average Bonchev–Trinajstić information content (AvgIpc) is 2.98. The van der Waals surface area contributed by atoms with Crippen molar-refractivity contribution in [3.05, 3.63) is 52.2 Å². The molecule has 5 heteroatoms. The molecular formula is C15H10BrNO2S. The molecule has 2 aromatic heterocycles. The number of carbonyl (C=O) groups is 1. The molecule has 100 valence electrons. The van der Waals surface area contributed by atoms with Crippen LogP contribution in [0.3, 0.4) is 0 Å². The fraction of sp³-hybridized carbons (Fsp3) is 0.0667. The van der Waals surface area contributed by atoms with E-state index in [1.165, 1.54) is 0 Å². The summed E-state index contributed by atoms with van der Waals surface area (Å²) in [5.74, 6) is -0.922. The van der Waals surface area contributed by atoms with E-state index in [0.29, 0.717) is 21.8 Å². The normalized spacial score (nSPS) is 10.8. The topological polar surface area (TPSA) is 50.2 Å². The lowest BCUT2D eigenvalue weighted by molar-refractivity contribution is 0.0698. The van der Waals surface area contributed by atoms with Gasteiger partial charge in [-0.1, -0.05) is 34.1 Å². The van der Waals surface area contributed by atoms with E-state index in [-0.39, 0.29) is 0 Å². The van der Waals surface area contributed by atoms with Crippen LogP contribution in [0.1, 0.15) is 15.9 Å². The average molecular weight is 348 g/mol. The quantitative estimate of drug-likeness (QED) is 0.706. The second-order valence-electron chi connectivity index (χ2n) is 4.28. The summed E-state index contributed by atoms with van der Waals surface area (Å²) in [5.41, 5.74) is 3.44. The summed E-state index contributed by atoms with van der Waals surface area (Å²) >= 11 is 4.97. The summed E-state index contributed by atoms with van der Waals surface area (Å²) in [5, 5.41) is 14.6. The van der Waals surface area contributed by atoms with Gasteiger partial charge in [-0.15, -0.1) is 0 Å². The monoisotopic (exact) mass is 347 g/mol. The predicted octanol–water partition coefficient (Wildman–Crippen LogP) is 4.56. The number of para-hydroxylation sites is 1. The first-order chi connectivity index (χ1) is 9.72. The molecule has 1 aromatic carbocycles. The number of carboxylic acids is 1. The Bertz CT molecular complexity index is 784. The number of benzene rings is 1. The van der Waals surface area contributed by atoms with Gasteiger partial charge in [0.2, 0.25) is 0 Å². The largest absolute Gasteiger partial charge is 0.478 e. The first-order valence-electron chi connectivity index (χ1n) is 5.96. The molecule has 1 N–H and O–H groups in total. The second kappa shape index (κ2) is 5.34. The van der Waals surface area contributed by atoms with Gasteiger partial charge < -0.3 is 5.11 Å². The Balaban J connectivity index is 2.44. The molecule has 0 bridgehead atoms. The van der Waals surface area contributed by atoms with E-state index in [1.54, 1.807) is 17.4 Å². The molecular weight excluding hydrogens is 338 g/mol. The van der Waals surface area contributed by atoms with Crippen LogP contribution in [-0.4, -0.2) is 16.1 Å². The zero-order valence-electron chi connectivity index (χ0n) is 10.3. The summed E-state index contributed by atoms with van der Waals surface area (Å²) in [4.78, 5) is 16.3. The molecule has 0 aliphatic heterocycles. The fourth-order valence-electron chi connectivity index (χ4n) is 2.26. The van der Waals surface area contributed by atoms with Crippen LogP contribution in [0.25, 0.3) is 22.2 Å². The van der Waals surface area contributed by atoms with Gasteiger partial charge in [0.25, 0.3) is 0 Å². The van der Waals surface area contributed by atoms with Gasteiger partial charge in [0, 0.05) is 27.2 Å². The Morgan fingerprint density at radius 3 is 2.75 bits per heavy atom. The van der Waals surface area contributed by atoms with Crippen molar-refractivity contribution in [2.45, 2.75) is 5.33 Å². The molecule has 3 rings (SSSR count). The van der Waals surface area contributed by atoms with Crippen LogP contribution in [-0.2, 0) is 5.33 Å². The summed E-state index contributed by atoms with van der Waals surface area (Å²) in [7, 11) is 0. The van der Waals surface area contributed by atoms with Crippen LogP contribution in [0.2, 0.25) is 0 Å². The van der Waals surface area contributed by atoms with Crippen LogP contribution >= 0.6 is 27.3 Å². The van der Waals surface area contributed by atoms with Crippen molar-refractivity contribution in [3.63, 3.8) is 0 Å². The zero-order chi connectivity index (χ0) is 14.1. The molecule has 0 saturated carbocycles. The van der Waals surface area contributed by atoms with E-state index in [1.807, 2.05) is 35.0 Å². The minimum absolute atomic E-state index is 0.327. The van der Waals surface area contributed by atoms with Gasteiger partial charge in [-0.2, -0.15) is 11.3 Å². The molecule has 0 aliphatic rings. The van der Waals surface area contributed by atoms with Gasteiger partial charge in [-0.05, 0) is 17.5 Å². The Morgan fingerprint density at radius 2 is 2.10 bits per heavy atom. The first-order valence-corrected chi connectivity index (χ1v) is 8.02. The number of alkyl halides is 1. The van der Waals surface area contributed by atoms with E-state index in [9.17, 15) is 9.90 Å². The Labute approximate surface area is 128 Å². The van der Waals surface area contributed by atoms with Crippen LogP contribution in [0.15, 0.2) is 41.1 Å². The van der Waals surface area contributed by atoms with Crippen molar-refractivity contribution in [2.24, 2.45) is 0 Å². The highest BCUT2D eigenvalue weighted by molar-refractivity contribution is 9.08. The molecule has 20 heavy (non-hydrogen) atoms. The van der Waals surface area contributed by atoms with Crippen molar-refractivity contribution in [1.29, 1.82) is 0 Å². The number of aromatic carboxylic acids is 1. The van der Waals surface area contributed by atoms with Crippen molar-refractivity contribution in [3.8, 4) is 11.3 Å². The molecule has 0 aliphatic carbocycles. The lowest BCUT2D eigenvalue weighted by Gasteiger charge is -2.12. The highest BCUT2D eigenvalue weighted by Crippen LogP contribution is 2.32. The third kappa shape index (κ3) is 2.13. The molecule has 0 unspecified atom stereocenters. The maximum Gasteiger partial charge on any atom is 0.336 e. The number of carboxylic acid groups (broad SMARTS) is 1. The summed E-state index contributed by atoms with van der Waals surface area (Å²) in [6, 6.07) is 9.30. The highest BCUT2D eigenvalue weighted by atomic mass is 79.9. The number of fused-ring (bicyclic) bond motifs is 1. The van der Waals surface area contributed by atoms with Crippen LogP contribution in [0.4, 0.5) is 0 Å². The maximum absolute atomic E-state index is 11.7. The Kier molecular flexibility index (Phi) is 3.54. The van der Waals surface area contributed by atoms with Crippen molar-refractivity contribution >= 4 is 44.1 Å². The van der Waals surface area contributed by atoms with Gasteiger partial charge in [0.15, 0.2) is 0 Å². The number of hydrogen-bond acceptors (Lipinski definition) is 3. The predicted molar refractivity (Wildman–Crippen MR) is 84.6 cm³/mol. The van der Waals surface area contributed by atoms with Gasteiger partial charge in [0.05, 0.1) is 16.8 Å². The highest BCUT2D eigenvalue weighted by Gasteiger charge is 2.20. The van der Waals surface area contributed by atoms with Gasteiger partial charge in [-0.25, -0.2) is 9.78 Å². The summed E-state index contributed by atoms with van der Waals surface area (Å²) < 4.78 is 0. The van der Waals surface area contributed by atoms with E-state index in [0.717, 1.165) is 16.8 Å². The Morgan fingerprint density at radius 1 is 1.30 bits per heavy atom. The van der Waals surface area contributed by atoms with Crippen molar-refractivity contribution in [2.75, 3.05) is 0 Å². The number of pyridine rings is 1. The Hall–Kier alpha value is -1.72. The number of thiophene rings is 1. The zero-order valence-corrected chi connectivity index (χ0v) is 12.7. The van der Waals surface area contributed by atoms with Crippen molar-refractivity contribution < 1.29 is 9.90 Å². The third-order valence-electron chi connectivity index (χ3n) is 3.14. The molecule has 0 saturated heterocycles. The second-order valence-corrected chi connectivity index (χ2v) is 5.62.